The molecule has 160 valence electrons. The summed E-state index contributed by atoms with van der Waals surface area (Å²) in [5.74, 6) is -0.633. The first-order chi connectivity index (χ1) is 13.9. The largest absolute Gasteiger partial charge is 0.356 e. The lowest BCUT2D eigenvalue weighted by molar-refractivity contribution is -0.126. The maximum absolute atomic E-state index is 12.9. The van der Waals surface area contributed by atoms with E-state index in [2.05, 4.69) is 11.4 Å². The zero-order valence-corrected chi connectivity index (χ0v) is 18.8. The number of rotatable bonds is 7. The van der Waals surface area contributed by atoms with E-state index in [0.29, 0.717) is 41.5 Å². The van der Waals surface area contributed by atoms with Crippen LogP contribution in [0, 0.1) is 5.92 Å². The Bertz CT molecular complexity index is 850. The SMILES string of the molecule is O=C(NCCC1=CCCCC1)[C@@H]1CCCN(S(=O)(=O)Cc2c(Cl)cccc2Cl)C1. The standard InChI is InChI=1S/C21H28Cl2N2O3S/c22-19-9-4-10-20(23)18(19)15-29(27,28)25-13-5-8-17(14-25)21(26)24-12-11-16-6-2-1-3-7-16/h4,6,9-10,17H,1-3,5,7-8,11-15H2,(H,24,26)/t17-/m1/s1. The summed E-state index contributed by atoms with van der Waals surface area (Å²) >= 11 is 12.3. The quantitative estimate of drug-likeness (QED) is 0.609. The molecule has 3 rings (SSSR count). The zero-order valence-electron chi connectivity index (χ0n) is 16.5. The van der Waals surface area contributed by atoms with Crippen molar-refractivity contribution in [2.45, 2.75) is 50.7 Å². The van der Waals surface area contributed by atoms with E-state index < -0.39 is 10.0 Å². The molecular weight excluding hydrogens is 431 g/mol. The lowest BCUT2D eigenvalue weighted by Gasteiger charge is -2.31. The molecule has 0 spiro atoms. The fourth-order valence-electron chi connectivity index (χ4n) is 3.98. The van der Waals surface area contributed by atoms with Gasteiger partial charge >= 0.3 is 0 Å². The van der Waals surface area contributed by atoms with Crippen molar-refractivity contribution in [2.24, 2.45) is 5.92 Å². The monoisotopic (exact) mass is 458 g/mol. The Morgan fingerprint density at radius 2 is 1.93 bits per heavy atom. The van der Waals surface area contributed by atoms with Gasteiger partial charge in [-0.05, 0) is 57.1 Å². The van der Waals surface area contributed by atoms with E-state index in [1.807, 2.05) is 0 Å². The molecule has 1 heterocycles. The first-order valence-electron chi connectivity index (χ1n) is 10.2. The second kappa shape index (κ2) is 10.3. The smallest absolute Gasteiger partial charge is 0.224 e. The molecule has 5 nitrogen and oxygen atoms in total. The number of nitrogens with one attached hydrogen (secondary N) is 1. The minimum Gasteiger partial charge on any atom is -0.356 e. The predicted molar refractivity (Wildman–Crippen MR) is 118 cm³/mol. The first kappa shape index (κ1) is 22.6. The first-order valence-corrected chi connectivity index (χ1v) is 12.6. The fraction of sp³-hybridized carbons (Fsp3) is 0.571. The number of hydrogen-bond acceptors (Lipinski definition) is 3. The van der Waals surface area contributed by atoms with E-state index in [4.69, 9.17) is 23.2 Å². The summed E-state index contributed by atoms with van der Waals surface area (Å²) in [4.78, 5) is 12.6. The van der Waals surface area contributed by atoms with Gasteiger partial charge in [-0.2, -0.15) is 0 Å². The predicted octanol–water partition coefficient (Wildman–Crippen LogP) is 4.54. The Morgan fingerprint density at radius 3 is 2.62 bits per heavy atom. The summed E-state index contributed by atoms with van der Waals surface area (Å²) in [6.45, 7) is 1.24. The van der Waals surface area contributed by atoms with Gasteiger partial charge in [-0.1, -0.05) is 40.9 Å². The van der Waals surface area contributed by atoms with Crippen molar-refractivity contribution in [3.63, 3.8) is 0 Å². The van der Waals surface area contributed by atoms with Gasteiger partial charge in [0.2, 0.25) is 15.9 Å². The normalized spacial score (nSPS) is 20.9. The number of halogens is 2. The van der Waals surface area contributed by atoms with E-state index >= 15 is 0 Å². The molecule has 1 aromatic rings. The van der Waals surface area contributed by atoms with Gasteiger partial charge in [-0.15, -0.1) is 0 Å². The Hall–Kier alpha value is -1.08. The van der Waals surface area contributed by atoms with Crippen LogP contribution in [0.25, 0.3) is 0 Å². The second-order valence-corrected chi connectivity index (χ2v) is 10.6. The van der Waals surface area contributed by atoms with E-state index in [0.717, 1.165) is 19.3 Å². The minimum atomic E-state index is -3.61. The molecule has 0 saturated carbocycles. The molecule has 1 aliphatic carbocycles. The molecule has 1 aromatic carbocycles. The summed E-state index contributed by atoms with van der Waals surface area (Å²) in [6, 6.07) is 4.95. The van der Waals surface area contributed by atoms with Crippen LogP contribution in [0.5, 0.6) is 0 Å². The van der Waals surface area contributed by atoms with Crippen LogP contribution in [0.3, 0.4) is 0 Å². The fourth-order valence-corrected chi connectivity index (χ4v) is 6.34. The zero-order chi connectivity index (χ0) is 20.9. The highest BCUT2D eigenvalue weighted by Crippen LogP contribution is 2.29. The van der Waals surface area contributed by atoms with Gasteiger partial charge < -0.3 is 5.32 Å². The van der Waals surface area contributed by atoms with Crippen molar-refractivity contribution < 1.29 is 13.2 Å². The van der Waals surface area contributed by atoms with Gasteiger partial charge in [-0.25, -0.2) is 12.7 Å². The van der Waals surface area contributed by atoms with Crippen molar-refractivity contribution in [1.82, 2.24) is 9.62 Å². The number of hydrogen-bond donors (Lipinski definition) is 1. The van der Waals surface area contributed by atoms with Crippen LogP contribution in [0.1, 0.15) is 50.5 Å². The van der Waals surface area contributed by atoms with Crippen LogP contribution in [-0.2, 0) is 20.6 Å². The molecule has 0 unspecified atom stereocenters. The molecule has 1 atom stereocenters. The number of carbonyl (C=O) groups is 1. The van der Waals surface area contributed by atoms with Crippen LogP contribution in [0.2, 0.25) is 10.0 Å². The Morgan fingerprint density at radius 1 is 1.17 bits per heavy atom. The lowest BCUT2D eigenvalue weighted by Crippen LogP contribution is -2.45. The lowest BCUT2D eigenvalue weighted by atomic mass is 9.96. The Labute approximate surface area is 183 Å². The highest BCUT2D eigenvalue weighted by Gasteiger charge is 2.33. The van der Waals surface area contributed by atoms with Crippen LogP contribution in [0.15, 0.2) is 29.8 Å². The Kier molecular flexibility index (Phi) is 8.02. The molecule has 1 N–H and O–H groups in total. The van der Waals surface area contributed by atoms with Crippen molar-refractivity contribution in [2.75, 3.05) is 19.6 Å². The third-order valence-corrected chi connectivity index (χ3v) is 8.15. The van der Waals surface area contributed by atoms with Gasteiger partial charge in [0.05, 0.1) is 11.7 Å². The number of amides is 1. The maximum atomic E-state index is 12.9. The molecule has 1 amide bonds. The molecular formula is C21H28Cl2N2O3S. The molecule has 1 fully saturated rings. The van der Waals surface area contributed by atoms with Gasteiger partial charge in [0.15, 0.2) is 0 Å². The minimum absolute atomic E-state index is 0.0583. The number of allylic oxidation sites excluding steroid dienone is 1. The summed E-state index contributed by atoms with van der Waals surface area (Å²) in [6.07, 6.45) is 9.26. The molecule has 8 heteroatoms. The third-order valence-electron chi connectivity index (χ3n) is 5.67. The summed E-state index contributed by atoms with van der Waals surface area (Å²) < 4.78 is 27.2. The average molecular weight is 459 g/mol. The summed E-state index contributed by atoms with van der Waals surface area (Å²) in [5.41, 5.74) is 1.82. The second-order valence-electron chi connectivity index (χ2n) is 7.80. The number of carbonyl (C=O) groups excluding carboxylic acids is 1. The van der Waals surface area contributed by atoms with Gasteiger partial charge in [-0.3, -0.25) is 4.79 Å². The molecule has 29 heavy (non-hydrogen) atoms. The number of piperidine rings is 1. The molecule has 0 radical (unpaired) electrons. The van der Waals surface area contributed by atoms with Crippen LogP contribution in [0.4, 0.5) is 0 Å². The summed E-state index contributed by atoms with van der Waals surface area (Å²) in [5, 5.41) is 3.67. The third kappa shape index (κ3) is 6.20. The molecule has 0 bridgehead atoms. The maximum Gasteiger partial charge on any atom is 0.224 e. The number of sulfonamides is 1. The van der Waals surface area contributed by atoms with Gasteiger partial charge in [0.1, 0.15) is 0 Å². The molecule has 1 saturated heterocycles. The average Bonchev–Trinajstić information content (AvgIpc) is 2.72. The van der Waals surface area contributed by atoms with E-state index in [1.54, 1.807) is 18.2 Å². The van der Waals surface area contributed by atoms with Crippen LogP contribution in [-0.4, -0.2) is 38.3 Å². The van der Waals surface area contributed by atoms with E-state index in [1.165, 1.54) is 22.7 Å². The Balaban J connectivity index is 1.56. The highest BCUT2D eigenvalue weighted by molar-refractivity contribution is 7.88. The number of benzene rings is 1. The number of nitrogens with zero attached hydrogens (tertiary/aromatic N) is 1. The van der Waals surface area contributed by atoms with Crippen molar-refractivity contribution >= 4 is 39.1 Å². The van der Waals surface area contributed by atoms with Gasteiger partial charge in [0, 0.05) is 35.2 Å². The molecule has 1 aliphatic heterocycles. The van der Waals surface area contributed by atoms with E-state index in [9.17, 15) is 13.2 Å². The van der Waals surface area contributed by atoms with Crippen LogP contribution < -0.4 is 5.32 Å². The van der Waals surface area contributed by atoms with Crippen LogP contribution >= 0.6 is 23.2 Å². The molecule has 2 aliphatic rings. The topological polar surface area (TPSA) is 66.5 Å². The van der Waals surface area contributed by atoms with Gasteiger partial charge in [0.25, 0.3) is 0 Å². The van der Waals surface area contributed by atoms with Crippen molar-refractivity contribution in [3.05, 3.63) is 45.5 Å². The van der Waals surface area contributed by atoms with Crippen molar-refractivity contribution in [3.8, 4) is 0 Å². The summed E-state index contributed by atoms with van der Waals surface area (Å²) in [7, 11) is -3.61. The highest BCUT2D eigenvalue weighted by atomic mass is 35.5. The van der Waals surface area contributed by atoms with Crippen molar-refractivity contribution in [1.29, 1.82) is 0 Å². The molecule has 0 aromatic heterocycles. The van der Waals surface area contributed by atoms with E-state index in [-0.39, 0.29) is 24.1 Å².